The number of hydrogen-bond donors (Lipinski definition) is 1. The number of benzene rings is 2. The molecule has 26 heavy (non-hydrogen) atoms. The highest BCUT2D eigenvalue weighted by molar-refractivity contribution is 6.06. The van der Waals surface area contributed by atoms with Gasteiger partial charge in [-0.2, -0.15) is 0 Å². The maximum absolute atomic E-state index is 13.1. The second-order valence-electron chi connectivity index (χ2n) is 6.50. The van der Waals surface area contributed by atoms with E-state index in [4.69, 9.17) is 15.2 Å². The summed E-state index contributed by atoms with van der Waals surface area (Å²) >= 11 is 0. The summed E-state index contributed by atoms with van der Waals surface area (Å²) in [6.07, 6.45) is 1.06. The van der Waals surface area contributed by atoms with Crippen LogP contribution in [-0.2, 0) is 20.7 Å². The van der Waals surface area contributed by atoms with Gasteiger partial charge in [0, 0.05) is 18.4 Å². The minimum Gasteiger partial charge on any atom is -0.466 e. The second-order valence-corrected chi connectivity index (χ2v) is 6.50. The van der Waals surface area contributed by atoms with Gasteiger partial charge in [0.05, 0.1) is 13.0 Å². The van der Waals surface area contributed by atoms with E-state index in [0.29, 0.717) is 24.1 Å². The zero-order valence-electron chi connectivity index (χ0n) is 15.1. The monoisotopic (exact) mass is 353 g/mol. The van der Waals surface area contributed by atoms with Gasteiger partial charge in [-0.3, -0.25) is 9.59 Å². The molecule has 1 unspecified atom stereocenters. The lowest BCUT2D eigenvalue weighted by Gasteiger charge is -2.34. The molecule has 0 saturated heterocycles. The van der Waals surface area contributed by atoms with E-state index < -0.39 is 11.6 Å². The van der Waals surface area contributed by atoms with Gasteiger partial charge in [-0.25, -0.2) is 0 Å². The van der Waals surface area contributed by atoms with E-state index >= 15 is 0 Å². The van der Waals surface area contributed by atoms with Crippen LogP contribution in [0.15, 0.2) is 42.5 Å². The molecular weight excluding hydrogens is 330 g/mol. The van der Waals surface area contributed by atoms with Crippen LogP contribution in [0.25, 0.3) is 11.1 Å². The molecular formula is C21H23NO4. The molecule has 1 aliphatic rings. The van der Waals surface area contributed by atoms with Crippen molar-refractivity contribution in [3.63, 3.8) is 0 Å². The number of carbonyl (C=O) groups is 2. The van der Waals surface area contributed by atoms with Gasteiger partial charge in [0.2, 0.25) is 0 Å². The Kier molecular flexibility index (Phi) is 5.09. The van der Waals surface area contributed by atoms with E-state index in [1.54, 1.807) is 6.92 Å². The van der Waals surface area contributed by atoms with Crippen molar-refractivity contribution < 1.29 is 19.1 Å². The van der Waals surface area contributed by atoms with Crippen molar-refractivity contribution in [2.24, 2.45) is 0 Å². The van der Waals surface area contributed by atoms with E-state index in [2.05, 4.69) is 0 Å². The number of rotatable bonds is 5. The minimum absolute atomic E-state index is 0.0602. The Labute approximate surface area is 153 Å². The van der Waals surface area contributed by atoms with Crippen LogP contribution < -0.4 is 5.73 Å². The summed E-state index contributed by atoms with van der Waals surface area (Å²) in [5.74, 6) is -0.567. The lowest BCUT2D eigenvalue weighted by atomic mass is 9.76. The first-order chi connectivity index (χ1) is 12.5. The molecule has 0 aliphatic heterocycles. The zero-order valence-corrected chi connectivity index (χ0v) is 15.1. The number of nitrogen functional groups attached to an aromatic ring is 1. The van der Waals surface area contributed by atoms with E-state index in [9.17, 15) is 9.59 Å². The van der Waals surface area contributed by atoms with Crippen molar-refractivity contribution in [1.29, 1.82) is 0 Å². The standard InChI is InChI=1S/C21H23NO4/c1-3-26-19(23)13-21(25-2)11-10-16-12-15(6-9-18(16)20(21)24)14-4-7-17(22)8-5-14/h4-9,12H,3,10-11,13,22H2,1-2H3. The zero-order chi connectivity index (χ0) is 18.7. The summed E-state index contributed by atoms with van der Waals surface area (Å²) in [6, 6.07) is 13.4. The third-order valence-corrected chi connectivity index (χ3v) is 4.93. The number of ether oxygens (including phenoxy) is 2. The first-order valence-electron chi connectivity index (χ1n) is 8.73. The highest BCUT2D eigenvalue weighted by Gasteiger charge is 2.45. The molecule has 0 aromatic heterocycles. The first-order valence-corrected chi connectivity index (χ1v) is 8.73. The highest BCUT2D eigenvalue weighted by atomic mass is 16.5. The van der Waals surface area contributed by atoms with Crippen molar-refractivity contribution >= 4 is 17.4 Å². The molecule has 0 radical (unpaired) electrons. The SMILES string of the molecule is CCOC(=O)CC1(OC)CCc2cc(-c3ccc(N)cc3)ccc2C1=O. The molecule has 0 spiro atoms. The maximum Gasteiger partial charge on any atom is 0.309 e. The van der Waals surface area contributed by atoms with Crippen LogP contribution in [0, 0.1) is 0 Å². The van der Waals surface area contributed by atoms with E-state index in [1.165, 1.54) is 7.11 Å². The maximum atomic E-state index is 13.1. The molecule has 0 bridgehead atoms. The van der Waals surface area contributed by atoms with Crippen LogP contribution in [0.2, 0.25) is 0 Å². The van der Waals surface area contributed by atoms with Crippen molar-refractivity contribution in [3.05, 3.63) is 53.6 Å². The number of ketones is 1. The van der Waals surface area contributed by atoms with Gasteiger partial charge in [-0.05, 0) is 48.6 Å². The smallest absolute Gasteiger partial charge is 0.309 e. The fraction of sp³-hybridized carbons (Fsp3) is 0.333. The molecule has 1 atom stereocenters. The topological polar surface area (TPSA) is 78.6 Å². The molecule has 136 valence electrons. The Hall–Kier alpha value is -2.66. The number of hydrogen-bond acceptors (Lipinski definition) is 5. The van der Waals surface area contributed by atoms with Crippen LogP contribution in [-0.4, -0.2) is 31.1 Å². The Morgan fingerprint density at radius 3 is 2.50 bits per heavy atom. The molecule has 2 aromatic carbocycles. The molecule has 3 rings (SSSR count). The molecule has 0 amide bonds. The predicted octanol–water partition coefficient (Wildman–Crippen LogP) is 3.40. The largest absolute Gasteiger partial charge is 0.466 e. The predicted molar refractivity (Wildman–Crippen MR) is 99.9 cm³/mol. The number of esters is 1. The fourth-order valence-corrected chi connectivity index (χ4v) is 3.45. The molecule has 1 aliphatic carbocycles. The van der Waals surface area contributed by atoms with Gasteiger partial charge in [0.1, 0.15) is 5.60 Å². The lowest BCUT2D eigenvalue weighted by molar-refractivity contribution is -0.148. The van der Waals surface area contributed by atoms with E-state index in [0.717, 1.165) is 16.7 Å². The van der Waals surface area contributed by atoms with Crippen molar-refractivity contribution in [3.8, 4) is 11.1 Å². The molecule has 5 heteroatoms. The number of nitrogens with two attached hydrogens (primary N) is 1. The van der Waals surface area contributed by atoms with Crippen molar-refractivity contribution in [1.82, 2.24) is 0 Å². The van der Waals surface area contributed by atoms with E-state index in [-0.39, 0.29) is 18.8 Å². The number of fused-ring (bicyclic) bond motifs is 1. The Bertz CT molecular complexity index is 828. The fourth-order valence-electron chi connectivity index (χ4n) is 3.45. The molecule has 0 saturated carbocycles. The summed E-state index contributed by atoms with van der Waals surface area (Å²) in [6.45, 7) is 2.03. The van der Waals surface area contributed by atoms with Crippen LogP contribution in [0.5, 0.6) is 0 Å². The Morgan fingerprint density at radius 1 is 1.15 bits per heavy atom. The molecule has 2 N–H and O–H groups in total. The second kappa shape index (κ2) is 7.30. The molecule has 2 aromatic rings. The summed E-state index contributed by atoms with van der Waals surface area (Å²) in [4.78, 5) is 25.0. The average molecular weight is 353 g/mol. The number of Topliss-reactive ketones (excluding diaryl/α,β-unsaturated/α-hetero) is 1. The minimum atomic E-state index is -1.14. The van der Waals surface area contributed by atoms with Gasteiger partial charge < -0.3 is 15.2 Å². The van der Waals surface area contributed by atoms with Crippen LogP contribution >= 0.6 is 0 Å². The summed E-state index contributed by atoms with van der Waals surface area (Å²) in [5, 5.41) is 0. The molecule has 5 nitrogen and oxygen atoms in total. The van der Waals surface area contributed by atoms with Gasteiger partial charge in [-0.1, -0.05) is 30.3 Å². The Balaban J connectivity index is 1.91. The number of methoxy groups -OCH3 is 1. The van der Waals surface area contributed by atoms with Gasteiger partial charge >= 0.3 is 5.97 Å². The van der Waals surface area contributed by atoms with Crippen molar-refractivity contribution in [2.75, 3.05) is 19.5 Å². The molecule has 0 fully saturated rings. The van der Waals surface area contributed by atoms with Crippen LogP contribution in [0.4, 0.5) is 5.69 Å². The first kappa shape index (κ1) is 18.1. The van der Waals surface area contributed by atoms with Gasteiger partial charge in [0.25, 0.3) is 0 Å². The lowest BCUT2D eigenvalue weighted by Crippen LogP contribution is -2.46. The quantitative estimate of drug-likeness (QED) is 0.658. The average Bonchev–Trinajstić information content (AvgIpc) is 2.65. The van der Waals surface area contributed by atoms with Gasteiger partial charge in [0.15, 0.2) is 5.78 Å². The Morgan fingerprint density at radius 2 is 1.85 bits per heavy atom. The summed E-state index contributed by atoms with van der Waals surface area (Å²) in [5.41, 5.74) is 8.99. The third kappa shape index (κ3) is 3.35. The number of anilines is 1. The van der Waals surface area contributed by atoms with E-state index in [1.807, 2.05) is 42.5 Å². The highest BCUT2D eigenvalue weighted by Crippen LogP contribution is 2.36. The third-order valence-electron chi connectivity index (χ3n) is 4.93. The van der Waals surface area contributed by atoms with Crippen LogP contribution in [0.1, 0.15) is 35.7 Å². The number of carbonyl (C=O) groups excluding carboxylic acids is 2. The van der Waals surface area contributed by atoms with Crippen LogP contribution in [0.3, 0.4) is 0 Å². The summed E-state index contributed by atoms with van der Waals surface area (Å²) < 4.78 is 10.5. The van der Waals surface area contributed by atoms with Gasteiger partial charge in [-0.15, -0.1) is 0 Å². The summed E-state index contributed by atoms with van der Waals surface area (Å²) in [7, 11) is 1.48. The van der Waals surface area contributed by atoms with Crippen molar-refractivity contribution in [2.45, 2.75) is 31.8 Å². The normalized spacial score (nSPS) is 19.1. The number of aryl methyl sites for hydroxylation is 1. The molecule has 0 heterocycles.